The molecule has 2 atom stereocenters. The highest BCUT2D eigenvalue weighted by Gasteiger charge is 2.27. The maximum absolute atomic E-state index is 12.5. The number of carbonyl (C=O) groups is 1. The highest BCUT2D eigenvalue weighted by Crippen LogP contribution is 2.25. The van der Waals surface area contributed by atoms with Crippen LogP contribution in [0.1, 0.15) is 48.7 Å². The van der Waals surface area contributed by atoms with Gasteiger partial charge in [-0.2, -0.15) is 5.10 Å². The fourth-order valence-electron chi connectivity index (χ4n) is 3.02. The largest absolute Gasteiger partial charge is 0.393 e. The molecule has 0 aliphatic heterocycles. The Morgan fingerprint density at radius 2 is 2.20 bits per heavy atom. The van der Waals surface area contributed by atoms with E-state index in [-0.39, 0.29) is 17.9 Å². The molecule has 1 aliphatic rings. The van der Waals surface area contributed by atoms with Gasteiger partial charge in [-0.15, -0.1) is 0 Å². The van der Waals surface area contributed by atoms with Crippen molar-refractivity contribution < 1.29 is 9.90 Å². The predicted molar refractivity (Wildman–Crippen MR) is 77.5 cm³/mol. The number of aryl methyl sites for hydroxylation is 2. The number of aromatic nitrogens is 2. The van der Waals surface area contributed by atoms with E-state index < -0.39 is 0 Å². The van der Waals surface area contributed by atoms with Crippen LogP contribution >= 0.6 is 0 Å². The van der Waals surface area contributed by atoms with Crippen molar-refractivity contribution in [1.29, 1.82) is 0 Å². The Hall–Kier alpha value is -1.36. The lowest BCUT2D eigenvalue weighted by Crippen LogP contribution is -2.38. The number of hydrogen-bond donors (Lipinski definition) is 1. The average molecular weight is 279 g/mol. The molecule has 1 N–H and O–H groups in total. The van der Waals surface area contributed by atoms with Gasteiger partial charge in [0.25, 0.3) is 5.91 Å². The zero-order valence-electron chi connectivity index (χ0n) is 12.7. The Bertz CT molecular complexity index is 470. The lowest BCUT2D eigenvalue weighted by Gasteiger charge is -2.31. The molecule has 1 aliphatic carbocycles. The fourth-order valence-corrected chi connectivity index (χ4v) is 3.02. The lowest BCUT2D eigenvalue weighted by molar-refractivity contribution is 0.0450. The first-order chi connectivity index (χ1) is 9.52. The van der Waals surface area contributed by atoms with Crippen LogP contribution in [0.3, 0.4) is 0 Å². The van der Waals surface area contributed by atoms with E-state index >= 15 is 0 Å². The molecule has 1 heterocycles. The second-order valence-electron chi connectivity index (χ2n) is 5.81. The molecule has 5 heteroatoms. The van der Waals surface area contributed by atoms with E-state index in [1.54, 1.807) is 15.8 Å². The molecule has 0 bridgehead atoms. The maximum atomic E-state index is 12.5. The van der Waals surface area contributed by atoms with Crippen LogP contribution in [0, 0.1) is 5.92 Å². The molecule has 0 radical (unpaired) electrons. The first-order valence-corrected chi connectivity index (χ1v) is 7.49. The number of aliphatic hydroxyl groups is 1. The van der Waals surface area contributed by atoms with Crippen molar-refractivity contribution in [3.63, 3.8) is 0 Å². The summed E-state index contributed by atoms with van der Waals surface area (Å²) in [5, 5.41) is 14.3. The summed E-state index contributed by atoms with van der Waals surface area (Å²) in [5.41, 5.74) is 1.52. The Balaban J connectivity index is 2.04. The SMILES string of the molecule is CCc1nn(C)cc1C(=O)N(C)CC1CCCCC1O. The van der Waals surface area contributed by atoms with Crippen LogP contribution in [0.25, 0.3) is 0 Å². The van der Waals surface area contributed by atoms with Gasteiger partial charge in [0.1, 0.15) is 0 Å². The molecule has 5 nitrogen and oxygen atoms in total. The smallest absolute Gasteiger partial charge is 0.257 e. The summed E-state index contributed by atoms with van der Waals surface area (Å²) in [6.07, 6.45) is 6.39. The zero-order valence-corrected chi connectivity index (χ0v) is 12.7. The van der Waals surface area contributed by atoms with Gasteiger partial charge < -0.3 is 10.0 Å². The summed E-state index contributed by atoms with van der Waals surface area (Å²) in [4.78, 5) is 14.2. The first kappa shape index (κ1) is 15.0. The Kier molecular flexibility index (Phi) is 4.81. The van der Waals surface area contributed by atoms with E-state index in [4.69, 9.17) is 0 Å². The summed E-state index contributed by atoms with van der Waals surface area (Å²) in [6.45, 7) is 2.63. The normalized spacial score (nSPS) is 22.8. The second kappa shape index (κ2) is 6.39. The van der Waals surface area contributed by atoms with Crippen LogP contribution in [0.5, 0.6) is 0 Å². The molecule has 20 heavy (non-hydrogen) atoms. The predicted octanol–water partition coefficient (Wildman–Crippen LogP) is 1.61. The molecule has 2 unspecified atom stereocenters. The van der Waals surface area contributed by atoms with Gasteiger partial charge in [-0.1, -0.05) is 19.8 Å². The van der Waals surface area contributed by atoms with Crippen molar-refractivity contribution in [1.82, 2.24) is 14.7 Å². The van der Waals surface area contributed by atoms with Gasteiger partial charge >= 0.3 is 0 Å². The van der Waals surface area contributed by atoms with Crippen LogP contribution < -0.4 is 0 Å². The van der Waals surface area contributed by atoms with E-state index in [1.807, 2.05) is 21.0 Å². The molecule has 1 fully saturated rings. The van der Waals surface area contributed by atoms with Crippen molar-refractivity contribution in [3.05, 3.63) is 17.5 Å². The van der Waals surface area contributed by atoms with E-state index in [1.165, 1.54) is 0 Å². The van der Waals surface area contributed by atoms with Crippen molar-refractivity contribution in [2.75, 3.05) is 13.6 Å². The van der Waals surface area contributed by atoms with Gasteiger partial charge in [0.2, 0.25) is 0 Å². The van der Waals surface area contributed by atoms with Gasteiger partial charge in [-0.05, 0) is 19.3 Å². The van der Waals surface area contributed by atoms with Crippen molar-refractivity contribution in [2.45, 2.75) is 45.1 Å². The highest BCUT2D eigenvalue weighted by molar-refractivity contribution is 5.95. The van der Waals surface area contributed by atoms with Crippen molar-refractivity contribution in [3.8, 4) is 0 Å². The quantitative estimate of drug-likeness (QED) is 0.911. The number of rotatable bonds is 4. The molecular weight excluding hydrogens is 254 g/mol. The first-order valence-electron chi connectivity index (χ1n) is 7.49. The molecule has 1 aromatic rings. The van der Waals surface area contributed by atoms with E-state index in [0.29, 0.717) is 12.1 Å². The summed E-state index contributed by atoms with van der Waals surface area (Å²) in [5.74, 6) is 0.215. The number of aliphatic hydroxyl groups excluding tert-OH is 1. The molecule has 2 rings (SSSR count). The van der Waals surface area contributed by atoms with Gasteiger partial charge in [0.15, 0.2) is 0 Å². The van der Waals surface area contributed by atoms with Gasteiger partial charge in [0.05, 0.1) is 17.4 Å². The molecule has 1 aromatic heterocycles. The summed E-state index contributed by atoms with van der Waals surface area (Å²) >= 11 is 0. The van der Waals surface area contributed by atoms with Gasteiger partial charge in [-0.3, -0.25) is 9.48 Å². The third kappa shape index (κ3) is 3.20. The molecule has 0 aromatic carbocycles. The number of hydrogen-bond acceptors (Lipinski definition) is 3. The zero-order chi connectivity index (χ0) is 14.7. The number of amides is 1. The Morgan fingerprint density at radius 1 is 1.50 bits per heavy atom. The summed E-state index contributed by atoms with van der Waals surface area (Å²) in [7, 11) is 3.65. The molecular formula is C15H25N3O2. The van der Waals surface area contributed by atoms with Crippen LogP contribution in [0.2, 0.25) is 0 Å². The van der Waals surface area contributed by atoms with E-state index in [2.05, 4.69) is 5.10 Å². The average Bonchev–Trinajstić information content (AvgIpc) is 2.81. The Morgan fingerprint density at radius 3 is 2.85 bits per heavy atom. The lowest BCUT2D eigenvalue weighted by atomic mass is 9.86. The summed E-state index contributed by atoms with van der Waals surface area (Å²) in [6, 6.07) is 0. The minimum absolute atomic E-state index is 0.00715. The fraction of sp³-hybridized carbons (Fsp3) is 0.733. The molecule has 0 spiro atoms. The molecule has 1 amide bonds. The van der Waals surface area contributed by atoms with Crippen molar-refractivity contribution in [2.24, 2.45) is 13.0 Å². The van der Waals surface area contributed by atoms with Gasteiger partial charge in [-0.25, -0.2) is 0 Å². The number of nitrogens with zero attached hydrogens (tertiary/aromatic N) is 3. The molecule has 112 valence electrons. The Labute approximate surface area is 120 Å². The summed E-state index contributed by atoms with van der Waals surface area (Å²) < 4.78 is 1.69. The highest BCUT2D eigenvalue weighted by atomic mass is 16.3. The monoisotopic (exact) mass is 279 g/mol. The van der Waals surface area contributed by atoms with Crippen LogP contribution in [-0.4, -0.2) is 45.4 Å². The van der Waals surface area contributed by atoms with Crippen molar-refractivity contribution >= 4 is 5.91 Å². The van der Waals surface area contributed by atoms with E-state index in [9.17, 15) is 9.90 Å². The standard InChI is InChI=1S/C15H25N3O2/c1-4-13-12(10-18(3)16-13)15(20)17(2)9-11-7-5-6-8-14(11)19/h10-11,14,19H,4-9H2,1-3H3. The minimum atomic E-state index is -0.265. The minimum Gasteiger partial charge on any atom is -0.393 e. The van der Waals surface area contributed by atoms with E-state index in [0.717, 1.165) is 37.8 Å². The van der Waals surface area contributed by atoms with Crippen LogP contribution in [0.15, 0.2) is 6.20 Å². The molecule has 1 saturated carbocycles. The topological polar surface area (TPSA) is 58.4 Å². The van der Waals surface area contributed by atoms with Gasteiger partial charge in [0, 0.05) is 32.8 Å². The van der Waals surface area contributed by atoms with Crippen LogP contribution in [-0.2, 0) is 13.5 Å². The third-order valence-electron chi connectivity index (χ3n) is 4.19. The third-order valence-corrected chi connectivity index (χ3v) is 4.19. The second-order valence-corrected chi connectivity index (χ2v) is 5.81. The van der Waals surface area contributed by atoms with Crippen LogP contribution in [0.4, 0.5) is 0 Å². The molecule has 0 saturated heterocycles. The maximum Gasteiger partial charge on any atom is 0.257 e. The number of carbonyl (C=O) groups excluding carboxylic acids is 1.